The van der Waals surface area contributed by atoms with Crippen molar-refractivity contribution in [3.63, 3.8) is 0 Å². The van der Waals surface area contributed by atoms with Gasteiger partial charge in [-0.3, -0.25) is 0 Å². The molecule has 0 amide bonds. The molecule has 5 nitrogen and oxygen atoms in total. The number of hydrogen-bond acceptors (Lipinski definition) is 4. The molecule has 27 heavy (non-hydrogen) atoms. The summed E-state index contributed by atoms with van der Waals surface area (Å²) in [5.41, 5.74) is 1.74. The number of carbonyl (C=O) groups excluding carboxylic acids is 1. The molecule has 1 aliphatic heterocycles. The summed E-state index contributed by atoms with van der Waals surface area (Å²) in [6.07, 6.45) is -0.243. The van der Waals surface area contributed by atoms with Gasteiger partial charge in [-0.15, -0.1) is 0 Å². The van der Waals surface area contributed by atoms with E-state index in [2.05, 4.69) is 10.6 Å². The number of nitrogens with one attached hydrogen (secondary N) is 2. The fourth-order valence-corrected chi connectivity index (χ4v) is 3.57. The van der Waals surface area contributed by atoms with Crippen LogP contribution in [-0.4, -0.2) is 17.2 Å². The maximum absolute atomic E-state index is 12.6. The van der Waals surface area contributed by atoms with Crippen molar-refractivity contribution >= 4 is 46.5 Å². The second kappa shape index (κ2) is 7.92. The Bertz CT molecular complexity index is 937. The summed E-state index contributed by atoms with van der Waals surface area (Å²) in [4.78, 5) is 12.6. The van der Waals surface area contributed by atoms with E-state index in [0.717, 1.165) is 0 Å². The van der Waals surface area contributed by atoms with Gasteiger partial charge in [-0.1, -0.05) is 23.2 Å². The molecule has 2 aromatic rings. The van der Waals surface area contributed by atoms with Crippen LogP contribution in [0.4, 0.5) is 0 Å². The molecule has 0 radical (unpaired) electrons. The number of allylic oxidation sites excluding steroid dienone is 1. The third-order valence-corrected chi connectivity index (χ3v) is 4.71. The van der Waals surface area contributed by atoms with Gasteiger partial charge in [0.25, 0.3) is 0 Å². The first-order valence-corrected chi connectivity index (χ1v) is 9.47. The minimum atomic E-state index is -0.565. The molecule has 2 N–H and O–H groups in total. The van der Waals surface area contributed by atoms with Crippen molar-refractivity contribution in [2.75, 3.05) is 0 Å². The van der Waals surface area contributed by atoms with E-state index in [-0.39, 0.29) is 6.10 Å². The number of ether oxygens (including phenoxy) is 1. The van der Waals surface area contributed by atoms with Crippen molar-refractivity contribution in [1.29, 1.82) is 0 Å². The highest BCUT2D eigenvalue weighted by molar-refractivity contribution is 7.80. The standard InChI is InChI=1S/C19H18Cl2N2O3S/c1-9(2)25-18(24)16-10(3)22-19(27)23-17(16)15-7-6-14(26-15)12-5-4-11(20)8-13(12)21/h4-9,17H,1-3H3,(H2,22,23,27)/t17-/m0/s1. The average Bonchev–Trinajstić information content (AvgIpc) is 3.02. The van der Waals surface area contributed by atoms with Crippen LogP contribution in [0.15, 0.2) is 46.0 Å². The summed E-state index contributed by atoms with van der Waals surface area (Å²) in [5.74, 6) is 0.652. The Morgan fingerprint density at radius 2 is 2.00 bits per heavy atom. The van der Waals surface area contributed by atoms with E-state index in [4.69, 9.17) is 44.6 Å². The second-order valence-corrected chi connectivity index (χ2v) is 7.60. The molecular formula is C19H18Cl2N2O3S. The molecule has 0 saturated carbocycles. The third-order valence-electron chi connectivity index (χ3n) is 3.94. The van der Waals surface area contributed by atoms with E-state index in [0.29, 0.717) is 43.5 Å². The Balaban J connectivity index is 1.98. The van der Waals surface area contributed by atoms with Crippen LogP contribution in [0.2, 0.25) is 10.0 Å². The van der Waals surface area contributed by atoms with Gasteiger partial charge < -0.3 is 19.8 Å². The third kappa shape index (κ3) is 4.29. The number of thiocarbonyl (C=S) groups is 1. The van der Waals surface area contributed by atoms with Gasteiger partial charge in [-0.05, 0) is 63.3 Å². The number of halogens is 2. The van der Waals surface area contributed by atoms with E-state index in [1.807, 2.05) is 0 Å². The van der Waals surface area contributed by atoms with Crippen molar-refractivity contribution in [3.8, 4) is 11.3 Å². The van der Waals surface area contributed by atoms with Gasteiger partial charge in [0.1, 0.15) is 17.6 Å². The van der Waals surface area contributed by atoms with Gasteiger partial charge in [0, 0.05) is 16.3 Å². The SMILES string of the molecule is CC1=C(C(=O)OC(C)C)[C@H](c2ccc(-c3ccc(Cl)cc3Cl)o2)NC(=S)N1. The highest BCUT2D eigenvalue weighted by Crippen LogP contribution is 2.35. The molecule has 1 aromatic carbocycles. The van der Waals surface area contributed by atoms with Crippen LogP contribution in [0.3, 0.4) is 0 Å². The van der Waals surface area contributed by atoms with Crippen molar-refractivity contribution in [2.24, 2.45) is 0 Å². The predicted octanol–water partition coefficient (Wildman–Crippen LogP) is 5.00. The molecule has 142 valence electrons. The molecule has 1 aliphatic rings. The molecule has 0 saturated heterocycles. The molecule has 0 spiro atoms. The summed E-state index contributed by atoms with van der Waals surface area (Å²) in [7, 11) is 0. The Morgan fingerprint density at radius 3 is 2.67 bits per heavy atom. The largest absolute Gasteiger partial charge is 0.459 e. The molecule has 2 heterocycles. The molecule has 0 bridgehead atoms. The van der Waals surface area contributed by atoms with Gasteiger partial charge in [0.15, 0.2) is 5.11 Å². The second-order valence-electron chi connectivity index (χ2n) is 6.35. The fourth-order valence-electron chi connectivity index (χ4n) is 2.80. The molecule has 0 aliphatic carbocycles. The molecule has 3 rings (SSSR count). The van der Waals surface area contributed by atoms with Crippen molar-refractivity contribution < 1.29 is 13.9 Å². The zero-order chi connectivity index (χ0) is 19.7. The smallest absolute Gasteiger partial charge is 0.338 e. The monoisotopic (exact) mass is 424 g/mol. The first kappa shape index (κ1) is 19.7. The predicted molar refractivity (Wildman–Crippen MR) is 110 cm³/mol. The van der Waals surface area contributed by atoms with E-state index >= 15 is 0 Å². The van der Waals surface area contributed by atoms with E-state index in [1.54, 1.807) is 51.1 Å². The highest BCUT2D eigenvalue weighted by atomic mass is 35.5. The molecule has 1 aromatic heterocycles. The van der Waals surface area contributed by atoms with Crippen LogP contribution in [0, 0.1) is 0 Å². The molecule has 1 atom stereocenters. The van der Waals surface area contributed by atoms with Crippen molar-refractivity contribution in [1.82, 2.24) is 10.6 Å². The lowest BCUT2D eigenvalue weighted by molar-refractivity contribution is -0.143. The van der Waals surface area contributed by atoms with Crippen molar-refractivity contribution in [3.05, 3.63) is 57.4 Å². The van der Waals surface area contributed by atoms with Gasteiger partial charge >= 0.3 is 5.97 Å². The Labute approximate surface area is 172 Å². The molecule has 8 heteroatoms. The van der Waals surface area contributed by atoms with Gasteiger partial charge in [0.05, 0.1) is 16.7 Å². The van der Waals surface area contributed by atoms with Crippen LogP contribution in [-0.2, 0) is 9.53 Å². The summed E-state index contributed by atoms with van der Waals surface area (Å²) in [6, 6.07) is 8.17. The van der Waals surface area contributed by atoms with Gasteiger partial charge in [-0.2, -0.15) is 0 Å². The fraction of sp³-hybridized carbons (Fsp3) is 0.263. The Hall–Kier alpha value is -2.02. The van der Waals surface area contributed by atoms with E-state index in [9.17, 15) is 4.79 Å². The average molecular weight is 425 g/mol. The van der Waals surface area contributed by atoms with Gasteiger partial charge in [0.2, 0.25) is 0 Å². The lowest BCUT2D eigenvalue weighted by Crippen LogP contribution is -2.45. The summed E-state index contributed by atoms with van der Waals surface area (Å²) in [6.45, 7) is 5.37. The first-order valence-electron chi connectivity index (χ1n) is 8.30. The van der Waals surface area contributed by atoms with Crippen molar-refractivity contribution in [2.45, 2.75) is 32.9 Å². The maximum Gasteiger partial charge on any atom is 0.338 e. The number of esters is 1. The summed E-state index contributed by atoms with van der Waals surface area (Å²) < 4.78 is 11.4. The zero-order valence-corrected chi connectivity index (χ0v) is 17.3. The number of rotatable bonds is 4. The number of benzene rings is 1. The number of carbonyl (C=O) groups is 1. The highest BCUT2D eigenvalue weighted by Gasteiger charge is 2.33. The molecule has 0 fully saturated rings. The maximum atomic E-state index is 12.6. The lowest BCUT2D eigenvalue weighted by Gasteiger charge is -2.28. The van der Waals surface area contributed by atoms with Crippen LogP contribution >= 0.6 is 35.4 Å². The summed E-state index contributed by atoms with van der Waals surface area (Å²) in [5, 5.41) is 7.45. The topological polar surface area (TPSA) is 63.5 Å². The van der Waals surface area contributed by atoms with Crippen LogP contribution < -0.4 is 10.6 Å². The van der Waals surface area contributed by atoms with E-state index in [1.165, 1.54) is 0 Å². The summed E-state index contributed by atoms with van der Waals surface area (Å²) >= 11 is 17.5. The molecule has 0 unspecified atom stereocenters. The number of hydrogen-bond donors (Lipinski definition) is 2. The first-order chi connectivity index (χ1) is 12.8. The Morgan fingerprint density at radius 1 is 1.26 bits per heavy atom. The lowest BCUT2D eigenvalue weighted by atomic mass is 10.0. The quantitative estimate of drug-likeness (QED) is 0.531. The minimum Gasteiger partial charge on any atom is -0.459 e. The normalized spacial score (nSPS) is 17.0. The zero-order valence-electron chi connectivity index (χ0n) is 14.9. The van der Waals surface area contributed by atoms with E-state index < -0.39 is 12.0 Å². The molecular weight excluding hydrogens is 407 g/mol. The van der Waals surface area contributed by atoms with Crippen LogP contribution in [0.5, 0.6) is 0 Å². The Kier molecular flexibility index (Phi) is 5.79. The number of furan rings is 1. The van der Waals surface area contributed by atoms with Crippen LogP contribution in [0.25, 0.3) is 11.3 Å². The minimum absolute atomic E-state index is 0.243. The van der Waals surface area contributed by atoms with Gasteiger partial charge in [-0.25, -0.2) is 4.79 Å². The van der Waals surface area contributed by atoms with Crippen LogP contribution in [0.1, 0.15) is 32.6 Å².